The van der Waals surface area contributed by atoms with E-state index in [0.29, 0.717) is 31.2 Å². The van der Waals surface area contributed by atoms with Gasteiger partial charge in [0.25, 0.3) is 5.56 Å². The molecule has 0 aliphatic carbocycles. The van der Waals surface area contributed by atoms with E-state index >= 15 is 0 Å². The second kappa shape index (κ2) is 8.80. The van der Waals surface area contributed by atoms with Gasteiger partial charge >= 0.3 is 0 Å². The van der Waals surface area contributed by atoms with E-state index in [1.807, 2.05) is 42.5 Å². The first-order chi connectivity index (χ1) is 13.1. The summed E-state index contributed by atoms with van der Waals surface area (Å²) in [5, 5.41) is 5.85. The first-order valence-corrected chi connectivity index (χ1v) is 8.83. The van der Waals surface area contributed by atoms with Gasteiger partial charge in [-0.05, 0) is 23.6 Å². The molecule has 0 saturated heterocycles. The molecule has 2 aromatic carbocycles. The third-order valence-corrected chi connectivity index (χ3v) is 4.04. The third-order valence-electron chi connectivity index (χ3n) is 4.04. The highest BCUT2D eigenvalue weighted by Gasteiger charge is 2.04. The van der Waals surface area contributed by atoms with Crippen LogP contribution in [0.2, 0.25) is 0 Å². The number of benzene rings is 2. The molecule has 0 radical (unpaired) electrons. The first-order valence-electron chi connectivity index (χ1n) is 8.83. The summed E-state index contributed by atoms with van der Waals surface area (Å²) in [5.74, 6) is 0.362. The molecule has 0 fully saturated rings. The van der Waals surface area contributed by atoms with E-state index in [-0.39, 0.29) is 11.5 Å². The van der Waals surface area contributed by atoms with Crippen molar-refractivity contribution in [3.8, 4) is 11.1 Å². The molecule has 1 aromatic heterocycles. The fourth-order valence-corrected chi connectivity index (χ4v) is 2.74. The molecule has 1 amide bonds. The molecular formula is C21H22N4O2. The number of amides is 1. The topological polar surface area (TPSA) is 86.9 Å². The number of anilines is 1. The summed E-state index contributed by atoms with van der Waals surface area (Å²) < 4.78 is 0. The Morgan fingerprint density at radius 3 is 2.41 bits per heavy atom. The van der Waals surface area contributed by atoms with Crippen LogP contribution in [-0.4, -0.2) is 29.0 Å². The van der Waals surface area contributed by atoms with Crippen molar-refractivity contribution < 1.29 is 4.79 Å². The van der Waals surface area contributed by atoms with Crippen LogP contribution in [0, 0.1) is 6.92 Å². The number of hydrogen-bond donors (Lipinski definition) is 3. The zero-order chi connectivity index (χ0) is 19.1. The molecule has 0 aliphatic rings. The summed E-state index contributed by atoms with van der Waals surface area (Å²) in [6.45, 7) is 2.68. The number of carbonyl (C=O) groups excluding carboxylic acids is 1. The van der Waals surface area contributed by atoms with Crippen molar-refractivity contribution in [2.75, 3.05) is 18.4 Å². The van der Waals surface area contributed by atoms with Gasteiger partial charge < -0.3 is 10.6 Å². The van der Waals surface area contributed by atoms with Gasteiger partial charge in [-0.2, -0.15) is 0 Å². The number of hydrogen-bond acceptors (Lipinski definition) is 4. The Bertz CT molecular complexity index is 950. The van der Waals surface area contributed by atoms with E-state index in [1.54, 1.807) is 6.92 Å². The van der Waals surface area contributed by atoms with Crippen LogP contribution in [0.15, 0.2) is 65.5 Å². The number of rotatable bonds is 7. The van der Waals surface area contributed by atoms with Gasteiger partial charge in [-0.3, -0.25) is 14.6 Å². The molecule has 6 nitrogen and oxygen atoms in total. The maximum atomic E-state index is 12.1. The predicted molar refractivity (Wildman–Crippen MR) is 107 cm³/mol. The van der Waals surface area contributed by atoms with Gasteiger partial charge in [0.05, 0.1) is 6.42 Å². The summed E-state index contributed by atoms with van der Waals surface area (Å²) in [6, 6.07) is 19.6. The summed E-state index contributed by atoms with van der Waals surface area (Å²) in [4.78, 5) is 30.2. The van der Waals surface area contributed by atoms with Crippen LogP contribution >= 0.6 is 0 Å². The number of aryl methyl sites for hydroxylation is 1. The van der Waals surface area contributed by atoms with Crippen molar-refractivity contribution in [2.45, 2.75) is 13.3 Å². The molecule has 27 heavy (non-hydrogen) atoms. The fourth-order valence-electron chi connectivity index (χ4n) is 2.74. The summed E-state index contributed by atoms with van der Waals surface area (Å²) in [7, 11) is 0. The summed E-state index contributed by atoms with van der Waals surface area (Å²) in [5.41, 5.74) is 3.69. The van der Waals surface area contributed by atoms with Gasteiger partial charge in [0.15, 0.2) is 0 Å². The lowest BCUT2D eigenvalue weighted by Crippen LogP contribution is -2.30. The van der Waals surface area contributed by atoms with Crippen LogP contribution < -0.4 is 16.2 Å². The maximum Gasteiger partial charge on any atom is 0.252 e. The van der Waals surface area contributed by atoms with Crippen molar-refractivity contribution in [2.24, 2.45) is 0 Å². The number of nitrogens with one attached hydrogen (secondary N) is 3. The normalized spacial score (nSPS) is 10.4. The van der Waals surface area contributed by atoms with E-state index < -0.39 is 0 Å². The number of H-pyrrole nitrogens is 1. The molecule has 1 heterocycles. The number of aromatic nitrogens is 2. The van der Waals surface area contributed by atoms with Crippen molar-refractivity contribution in [3.05, 3.63) is 82.3 Å². The lowest BCUT2D eigenvalue weighted by Gasteiger charge is -2.08. The Labute approximate surface area is 157 Å². The van der Waals surface area contributed by atoms with Crippen LogP contribution in [0.25, 0.3) is 11.1 Å². The van der Waals surface area contributed by atoms with Crippen molar-refractivity contribution >= 4 is 11.9 Å². The number of aromatic amines is 1. The Hall–Kier alpha value is -3.41. The fraction of sp³-hybridized carbons (Fsp3) is 0.190. The second-order valence-corrected chi connectivity index (χ2v) is 6.25. The van der Waals surface area contributed by atoms with E-state index in [2.05, 4.69) is 32.7 Å². The van der Waals surface area contributed by atoms with Gasteiger partial charge in [-0.1, -0.05) is 54.6 Å². The molecular weight excluding hydrogens is 340 g/mol. The van der Waals surface area contributed by atoms with Crippen LogP contribution in [0.5, 0.6) is 0 Å². The van der Waals surface area contributed by atoms with Crippen LogP contribution in [0.3, 0.4) is 0 Å². The van der Waals surface area contributed by atoms with Crippen LogP contribution in [-0.2, 0) is 11.2 Å². The van der Waals surface area contributed by atoms with Gasteiger partial charge in [0.1, 0.15) is 0 Å². The Kier molecular flexibility index (Phi) is 5.99. The van der Waals surface area contributed by atoms with E-state index in [4.69, 9.17) is 0 Å². The quantitative estimate of drug-likeness (QED) is 0.564. The van der Waals surface area contributed by atoms with E-state index in [9.17, 15) is 9.59 Å². The zero-order valence-electron chi connectivity index (χ0n) is 15.2. The highest BCUT2D eigenvalue weighted by molar-refractivity contribution is 5.78. The minimum atomic E-state index is -0.201. The Morgan fingerprint density at radius 1 is 1.00 bits per heavy atom. The molecule has 0 atom stereocenters. The molecule has 0 saturated carbocycles. The van der Waals surface area contributed by atoms with Gasteiger partial charge in [0, 0.05) is 24.8 Å². The lowest BCUT2D eigenvalue weighted by atomic mass is 10.0. The maximum absolute atomic E-state index is 12.1. The molecule has 0 unspecified atom stereocenters. The number of carbonyl (C=O) groups is 1. The predicted octanol–water partition coefficient (Wildman–Crippen LogP) is 2.52. The lowest BCUT2D eigenvalue weighted by molar-refractivity contribution is -0.120. The Morgan fingerprint density at radius 2 is 1.70 bits per heavy atom. The summed E-state index contributed by atoms with van der Waals surface area (Å²) in [6.07, 6.45) is 0.328. The molecule has 0 spiro atoms. The van der Waals surface area contributed by atoms with Crippen LogP contribution in [0.4, 0.5) is 5.95 Å². The molecule has 3 aromatic rings. The largest absolute Gasteiger partial charge is 0.354 e. The molecule has 6 heteroatoms. The van der Waals surface area contributed by atoms with Gasteiger partial charge in [-0.25, -0.2) is 4.98 Å². The minimum absolute atomic E-state index is 0.0463. The average molecular weight is 362 g/mol. The highest BCUT2D eigenvalue weighted by atomic mass is 16.1. The Balaban J connectivity index is 1.44. The standard InChI is InChI=1S/C21H22N4O2/c1-15-13-20(27)25-21(24-15)23-12-11-22-19(26)14-16-7-9-18(10-8-16)17-5-3-2-4-6-17/h2-10,13H,11-12,14H2,1H3,(H,22,26)(H2,23,24,25,27). The molecule has 138 valence electrons. The van der Waals surface area contributed by atoms with E-state index in [0.717, 1.165) is 16.7 Å². The van der Waals surface area contributed by atoms with E-state index in [1.165, 1.54) is 6.07 Å². The van der Waals surface area contributed by atoms with Gasteiger partial charge in [-0.15, -0.1) is 0 Å². The SMILES string of the molecule is Cc1cc(=O)[nH]c(NCCNC(=O)Cc2ccc(-c3ccccc3)cc2)n1. The second-order valence-electron chi connectivity index (χ2n) is 6.25. The summed E-state index contributed by atoms with van der Waals surface area (Å²) >= 11 is 0. The van der Waals surface area contributed by atoms with Gasteiger partial charge in [0.2, 0.25) is 11.9 Å². The molecule has 3 N–H and O–H groups in total. The smallest absolute Gasteiger partial charge is 0.252 e. The monoisotopic (exact) mass is 362 g/mol. The zero-order valence-corrected chi connectivity index (χ0v) is 15.2. The highest BCUT2D eigenvalue weighted by Crippen LogP contribution is 2.19. The molecule has 0 bridgehead atoms. The minimum Gasteiger partial charge on any atom is -0.354 e. The van der Waals surface area contributed by atoms with Crippen molar-refractivity contribution in [1.29, 1.82) is 0 Å². The van der Waals surface area contributed by atoms with Crippen molar-refractivity contribution in [1.82, 2.24) is 15.3 Å². The number of nitrogens with zero attached hydrogens (tertiary/aromatic N) is 1. The molecule has 3 rings (SSSR count). The average Bonchev–Trinajstić information content (AvgIpc) is 2.66. The van der Waals surface area contributed by atoms with Crippen LogP contribution in [0.1, 0.15) is 11.3 Å². The third kappa shape index (κ3) is 5.54. The van der Waals surface area contributed by atoms with Crippen molar-refractivity contribution in [3.63, 3.8) is 0 Å². The molecule has 0 aliphatic heterocycles. The first kappa shape index (κ1) is 18.4.